The Balaban J connectivity index is 1.83. The SMILES string of the molecule is Cc1cccc(-c2cncc(C3CCCN(C(=O)CO)C3)n2)c1. The number of carbonyl (C=O) groups is 1. The van der Waals surface area contributed by atoms with E-state index in [0.29, 0.717) is 13.1 Å². The van der Waals surface area contributed by atoms with Crippen LogP contribution in [0, 0.1) is 6.92 Å². The highest BCUT2D eigenvalue weighted by Crippen LogP contribution is 2.27. The minimum absolute atomic E-state index is 0.177. The van der Waals surface area contributed by atoms with Crippen molar-refractivity contribution in [3.05, 3.63) is 47.9 Å². The first kappa shape index (κ1) is 15.6. The van der Waals surface area contributed by atoms with E-state index in [1.54, 1.807) is 17.3 Å². The van der Waals surface area contributed by atoms with Crippen molar-refractivity contribution in [3.8, 4) is 11.3 Å². The van der Waals surface area contributed by atoms with E-state index in [-0.39, 0.29) is 11.8 Å². The summed E-state index contributed by atoms with van der Waals surface area (Å²) in [6.07, 6.45) is 5.47. The Kier molecular flexibility index (Phi) is 4.67. The first-order valence-corrected chi connectivity index (χ1v) is 7.95. The molecule has 1 saturated heterocycles. The maximum atomic E-state index is 11.7. The van der Waals surface area contributed by atoms with E-state index in [4.69, 9.17) is 10.1 Å². The topological polar surface area (TPSA) is 66.3 Å². The van der Waals surface area contributed by atoms with Crippen molar-refractivity contribution in [1.29, 1.82) is 0 Å². The zero-order valence-electron chi connectivity index (χ0n) is 13.3. The van der Waals surface area contributed by atoms with Crippen molar-refractivity contribution in [3.63, 3.8) is 0 Å². The third kappa shape index (κ3) is 3.56. The molecule has 120 valence electrons. The Morgan fingerprint density at radius 1 is 1.39 bits per heavy atom. The van der Waals surface area contributed by atoms with Gasteiger partial charge in [0.2, 0.25) is 5.91 Å². The van der Waals surface area contributed by atoms with E-state index in [1.807, 2.05) is 12.1 Å². The highest BCUT2D eigenvalue weighted by molar-refractivity contribution is 5.77. The van der Waals surface area contributed by atoms with Crippen LogP contribution < -0.4 is 0 Å². The van der Waals surface area contributed by atoms with Crippen molar-refractivity contribution in [2.24, 2.45) is 0 Å². The molecule has 1 unspecified atom stereocenters. The van der Waals surface area contributed by atoms with E-state index in [2.05, 4.69) is 24.0 Å². The number of carbonyl (C=O) groups excluding carboxylic acids is 1. The number of nitrogens with zero attached hydrogens (tertiary/aromatic N) is 3. The molecule has 0 bridgehead atoms. The standard InChI is InChI=1S/C18H21N3O2/c1-13-4-2-5-14(8-13)16-9-19-10-17(20-16)15-6-3-7-21(11-15)18(23)12-22/h2,4-5,8-10,15,22H,3,6-7,11-12H2,1H3. The molecule has 1 fully saturated rings. The summed E-state index contributed by atoms with van der Waals surface area (Å²) < 4.78 is 0. The lowest BCUT2D eigenvalue weighted by Gasteiger charge is -2.32. The minimum Gasteiger partial charge on any atom is -0.387 e. The van der Waals surface area contributed by atoms with Gasteiger partial charge in [0.15, 0.2) is 0 Å². The largest absolute Gasteiger partial charge is 0.387 e. The van der Waals surface area contributed by atoms with E-state index < -0.39 is 6.61 Å². The molecule has 1 N–H and O–H groups in total. The summed E-state index contributed by atoms with van der Waals surface area (Å²) in [6, 6.07) is 8.20. The highest BCUT2D eigenvalue weighted by Gasteiger charge is 2.25. The van der Waals surface area contributed by atoms with Crippen molar-refractivity contribution in [2.45, 2.75) is 25.7 Å². The Labute approximate surface area is 136 Å². The molecular formula is C18H21N3O2. The second-order valence-corrected chi connectivity index (χ2v) is 6.04. The molecule has 1 aliphatic heterocycles. The quantitative estimate of drug-likeness (QED) is 0.943. The lowest BCUT2D eigenvalue weighted by Crippen LogP contribution is -2.40. The average Bonchev–Trinajstić information content (AvgIpc) is 2.61. The van der Waals surface area contributed by atoms with Gasteiger partial charge in [0, 0.05) is 30.8 Å². The lowest BCUT2D eigenvalue weighted by atomic mass is 9.94. The number of aromatic nitrogens is 2. The number of benzene rings is 1. The molecule has 1 aromatic heterocycles. The van der Waals surface area contributed by atoms with Gasteiger partial charge in [0.05, 0.1) is 17.6 Å². The fourth-order valence-corrected chi connectivity index (χ4v) is 3.07. The third-order valence-electron chi connectivity index (χ3n) is 4.29. The van der Waals surface area contributed by atoms with Gasteiger partial charge >= 0.3 is 0 Å². The predicted molar refractivity (Wildman–Crippen MR) is 87.8 cm³/mol. The van der Waals surface area contributed by atoms with Gasteiger partial charge in [-0.25, -0.2) is 4.98 Å². The Hall–Kier alpha value is -2.27. The predicted octanol–water partition coefficient (Wildman–Crippen LogP) is 2.15. The third-order valence-corrected chi connectivity index (χ3v) is 4.29. The molecule has 1 aliphatic rings. The number of aryl methyl sites for hydroxylation is 1. The van der Waals surface area contributed by atoms with Gasteiger partial charge in [0.25, 0.3) is 0 Å². The fraction of sp³-hybridized carbons (Fsp3) is 0.389. The molecule has 2 aromatic rings. The number of piperidine rings is 1. The summed E-state index contributed by atoms with van der Waals surface area (Å²) in [6.45, 7) is 2.94. The average molecular weight is 311 g/mol. The van der Waals surface area contributed by atoms with Crippen molar-refractivity contribution < 1.29 is 9.90 Å². The number of hydrogen-bond acceptors (Lipinski definition) is 4. The summed E-state index contributed by atoms with van der Waals surface area (Å²) in [5, 5.41) is 9.04. The maximum absolute atomic E-state index is 11.7. The molecule has 5 nitrogen and oxygen atoms in total. The van der Waals surface area contributed by atoms with Crippen LogP contribution in [0.25, 0.3) is 11.3 Å². The zero-order chi connectivity index (χ0) is 16.2. The summed E-state index contributed by atoms with van der Waals surface area (Å²) >= 11 is 0. The number of aliphatic hydroxyl groups is 1. The van der Waals surface area contributed by atoms with Crippen molar-refractivity contribution >= 4 is 5.91 Å². The van der Waals surface area contributed by atoms with Gasteiger partial charge in [-0.15, -0.1) is 0 Å². The van der Waals surface area contributed by atoms with Gasteiger partial charge in [0.1, 0.15) is 6.61 Å². The molecule has 0 aliphatic carbocycles. The second kappa shape index (κ2) is 6.87. The van der Waals surface area contributed by atoms with Crippen LogP contribution in [0.4, 0.5) is 0 Å². The van der Waals surface area contributed by atoms with Crippen LogP contribution in [-0.2, 0) is 4.79 Å². The first-order chi connectivity index (χ1) is 11.2. The summed E-state index contributed by atoms with van der Waals surface area (Å²) in [7, 11) is 0. The van der Waals surface area contributed by atoms with Gasteiger partial charge in [-0.2, -0.15) is 0 Å². The molecule has 1 amide bonds. The maximum Gasteiger partial charge on any atom is 0.248 e. The zero-order valence-corrected chi connectivity index (χ0v) is 13.3. The molecule has 0 radical (unpaired) electrons. The van der Waals surface area contributed by atoms with Crippen LogP contribution in [-0.4, -0.2) is 45.6 Å². The van der Waals surface area contributed by atoms with E-state index in [1.165, 1.54) is 5.56 Å². The molecule has 1 atom stereocenters. The number of likely N-dealkylation sites (tertiary alicyclic amines) is 1. The number of amides is 1. The molecular weight excluding hydrogens is 290 g/mol. The van der Waals surface area contributed by atoms with Crippen LogP contribution in [0.2, 0.25) is 0 Å². The van der Waals surface area contributed by atoms with Crippen molar-refractivity contribution in [1.82, 2.24) is 14.9 Å². The number of rotatable bonds is 3. The van der Waals surface area contributed by atoms with Crippen LogP contribution in [0.3, 0.4) is 0 Å². The van der Waals surface area contributed by atoms with Crippen LogP contribution >= 0.6 is 0 Å². The van der Waals surface area contributed by atoms with Gasteiger partial charge in [-0.1, -0.05) is 23.8 Å². The first-order valence-electron chi connectivity index (χ1n) is 7.95. The van der Waals surface area contributed by atoms with Crippen molar-refractivity contribution in [2.75, 3.05) is 19.7 Å². The molecule has 5 heteroatoms. The smallest absolute Gasteiger partial charge is 0.248 e. The van der Waals surface area contributed by atoms with Gasteiger partial charge < -0.3 is 10.0 Å². The molecule has 23 heavy (non-hydrogen) atoms. The lowest BCUT2D eigenvalue weighted by molar-refractivity contribution is -0.135. The monoisotopic (exact) mass is 311 g/mol. The van der Waals surface area contributed by atoms with E-state index in [9.17, 15) is 4.79 Å². The summed E-state index contributed by atoms with van der Waals surface area (Å²) in [5.41, 5.74) is 4.02. The van der Waals surface area contributed by atoms with Crippen LogP contribution in [0.15, 0.2) is 36.7 Å². The fourth-order valence-electron chi connectivity index (χ4n) is 3.07. The highest BCUT2D eigenvalue weighted by atomic mass is 16.3. The summed E-state index contributed by atoms with van der Waals surface area (Å²) in [5.74, 6) is -0.0333. The van der Waals surface area contributed by atoms with Gasteiger partial charge in [-0.3, -0.25) is 9.78 Å². The Morgan fingerprint density at radius 2 is 2.26 bits per heavy atom. The van der Waals surface area contributed by atoms with E-state index in [0.717, 1.165) is 29.8 Å². The van der Waals surface area contributed by atoms with Crippen LogP contribution in [0.5, 0.6) is 0 Å². The number of hydrogen-bond donors (Lipinski definition) is 1. The molecule has 2 heterocycles. The second-order valence-electron chi connectivity index (χ2n) is 6.04. The molecule has 0 spiro atoms. The normalized spacial score (nSPS) is 18.0. The Morgan fingerprint density at radius 3 is 3.04 bits per heavy atom. The Bertz CT molecular complexity index is 702. The molecule has 1 aromatic carbocycles. The summed E-state index contributed by atoms with van der Waals surface area (Å²) in [4.78, 5) is 22.5. The molecule has 0 saturated carbocycles. The van der Waals surface area contributed by atoms with Crippen LogP contribution in [0.1, 0.15) is 30.0 Å². The molecule has 3 rings (SSSR count). The van der Waals surface area contributed by atoms with E-state index >= 15 is 0 Å². The van der Waals surface area contributed by atoms with Gasteiger partial charge in [-0.05, 0) is 25.8 Å². The number of aliphatic hydroxyl groups excluding tert-OH is 1. The minimum atomic E-state index is -0.429.